The van der Waals surface area contributed by atoms with Gasteiger partial charge in [-0.25, -0.2) is 9.71 Å². The molecular formula is C6H9BrN4O2S. The average Bonchev–Trinajstić information content (AvgIpc) is 2.10. The third-order valence-electron chi connectivity index (χ3n) is 1.36. The van der Waals surface area contributed by atoms with Crippen LogP contribution in [-0.4, -0.2) is 20.4 Å². The topological polar surface area (TPSA) is 97.1 Å². The highest BCUT2D eigenvalue weighted by atomic mass is 79.9. The van der Waals surface area contributed by atoms with E-state index in [4.69, 9.17) is 5.73 Å². The van der Waals surface area contributed by atoms with Gasteiger partial charge in [0.2, 0.25) is 0 Å². The third-order valence-corrected chi connectivity index (χ3v) is 2.97. The van der Waals surface area contributed by atoms with Crippen LogP contribution in [0.1, 0.15) is 0 Å². The molecule has 8 heteroatoms. The van der Waals surface area contributed by atoms with Crippen molar-refractivity contribution in [1.82, 2.24) is 9.71 Å². The van der Waals surface area contributed by atoms with E-state index in [1.807, 2.05) is 0 Å². The van der Waals surface area contributed by atoms with Crippen molar-refractivity contribution in [2.45, 2.75) is 0 Å². The first-order chi connectivity index (χ1) is 6.44. The zero-order chi connectivity index (χ0) is 10.8. The second-order valence-corrected chi connectivity index (χ2v) is 4.88. The molecule has 1 rings (SSSR count). The summed E-state index contributed by atoms with van der Waals surface area (Å²) in [6.45, 7) is 0. The maximum absolute atomic E-state index is 11.1. The minimum Gasteiger partial charge on any atom is -0.397 e. The van der Waals surface area contributed by atoms with E-state index in [2.05, 4.69) is 30.4 Å². The first-order valence-electron chi connectivity index (χ1n) is 3.57. The van der Waals surface area contributed by atoms with Gasteiger partial charge in [-0.1, -0.05) is 0 Å². The highest BCUT2D eigenvalue weighted by Gasteiger charge is 2.09. The summed E-state index contributed by atoms with van der Waals surface area (Å²) in [7, 11) is -2.24. The second kappa shape index (κ2) is 4.11. The predicted molar refractivity (Wildman–Crippen MR) is 58.0 cm³/mol. The van der Waals surface area contributed by atoms with Crippen molar-refractivity contribution in [3.05, 3.63) is 16.7 Å². The summed E-state index contributed by atoms with van der Waals surface area (Å²) in [4.78, 5) is 3.81. The molecule has 0 saturated carbocycles. The van der Waals surface area contributed by atoms with E-state index in [1.165, 1.54) is 13.2 Å². The van der Waals surface area contributed by atoms with Gasteiger partial charge in [-0.2, -0.15) is 8.42 Å². The van der Waals surface area contributed by atoms with Crippen molar-refractivity contribution in [2.75, 3.05) is 17.5 Å². The van der Waals surface area contributed by atoms with Gasteiger partial charge in [0.1, 0.15) is 0 Å². The summed E-state index contributed by atoms with van der Waals surface area (Å²) in [6.07, 6.45) is 1.36. The Morgan fingerprint density at radius 1 is 1.57 bits per heavy atom. The number of pyridine rings is 1. The van der Waals surface area contributed by atoms with Gasteiger partial charge >= 0.3 is 0 Å². The first-order valence-corrected chi connectivity index (χ1v) is 5.84. The molecule has 0 atom stereocenters. The zero-order valence-electron chi connectivity index (χ0n) is 7.28. The molecule has 1 aromatic rings. The smallest absolute Gasteiger partial charge is 0.300 e. The van der Waals surface area contributed by atoms with Gasteiger partial charge < -0.3 is 5.73 Å². The Balaban J connectivity index is 2.99. The number of aromatic nitrogens is 1. The Morgan fingerprint density at radius 3 is 2.71 bits per heavy atom. The van der Waals surface area contributed by atoms with Gasteiger partial charge in [-0.3, -0.25) is 4.72 Å². The highest BCUT2D eigenvalue weighted by Crippen LogP contribution is 2.22. The van der Waals surface area contributed by atoms with Crippen LogP contribution >= 0.6 is 15.9 Å². The molecule has 0 amide bonds. The van der Waals surface area contributed by atoms with Crippen molar-refractivity contribution < 1.29 is 8.42 Å². The number of nitrogens with zero attached hydrogens (tertiary/aromatic N) is 1. The van der Waals surface area contributed by atoms with E-state index >= 15 is 0 Å². The first kappa shape index (κ1) is 11.2. The molecule has 14 heavy (non-hydrogen) atoms. The van der Waals surface area contributed by atoms with Crippen molar-refractivity contribution in [1.29, 1.82) is 0 Å². The van der Waals surface area contributed by atoms with Crippen molar-refractivity contribution >= 4 is 37.6 Å². The molecular weight excluding hydrogens is 272 g/mol. The molecule has 4 N–H and O–H groups in total. The van der Waals surface area contributed by atoms with Crippen LogP contribution in [0, 0.1) is 0 Å². The summed E-state index contributed by atoms with van der Waals surface area (Å²) in [5, 5.41) is 0. The minimum absolute atomic E-state index is 0.188. The van der Waals surface area contributed by atoms with E-state index in [-0.39, 0.29) is 5.82 Å². The standard InChI is InChI=1S/C6H9BrN4O2S/c1-9-14(12,13)11-6-5(7)2-4(8)3-10-6/h2-3,9H,8H2,1H3,(H,10,11). The summed E-state index contributed by atoms with van der Waals surface area (Å²) in [5.74, 6) is 0.188. The Morgan fingerprint density at radius 2 is 2.21 bits per heavy atom. The lowest BCUT2D eigenvalue weighted by atomic mass is 10.4. The SMILES string of the molecule is CNS(=O)(=O)Nc1ncc(N)cc1Br. The second-order valence-electron chi connectivity index (χ2n) is 2.41. The van der Waals surface area contributed by atoms with Crippen LogP contribution in [0.3, 0.4) is 0 Å². The molecule has 0 aromatic carbocycles. The fourth-order valence-corrected chi connectivity index (χ4v) is 1.82. The van der Waals surface area contributed by atoms with Crippen LogP contribution in [0.25, 0.3) is 0 Å². The molecule has 0 unspecified atom stereocenters. The number of nitrogens with two attached hydrogens (primary N) is 1. The van der Waals surface area contributed by atoms with Crippen LogP contribution in [-0.2, 0) is 10.2 Å². The quantitative estimate of drug-likeness (QED) is 0.742. The molecule has 0 spiro atoms. The fraction of sp³-hybridized carbons (Fsp3) is 0.167. The lowest BCUT2D eigenvalue weighted by Gasteiger charge is -2.07. The molecule has 0 aliphatic carbocycles. The summed E-state index contributed by atoms with van der Waals surface area (Å²) >= 11 is 3.13. The Hall–Kier alpha value is -0.860. The molecule has 6 nitrogen and oxygen atoms in total. The Labute approximate surface area is 90.2 Å². The zero-order valence-corrected chi connectivity index (χ0v) is 9.68. The molecule has 0 bridgehead atoms. The molecule has 1 aromatic heterocycles. The van der Waals surface area contributed by atoms with Crippen molar-refractivity contribution in [3.8, 4) is 0 Å². The molecule has 0 fully saturated rings. The van der Waals surface area contributed by atoms with Crippen LogP contribution in [0.15, 0.2) is 16.7 Å². The summed E-state index contributed by atoms with van der Waals surface area (Å²) in [6, 6.07) is 1.56. The maximum Gasteiger partial charge on any atom is 0.300 e. The van der Waals surface area contributed by atoms with Crippen molar-refractivity contribution in [2.24, 2.45) is 0 Å². The van der Waals surface area contributed by atoms with Gasteiger partial charge in [0.25, 0.3) is 10.2 Å². The van der Waals surface area contributed by atoms with E-state index in [0.717, 1.165) is 0 Å². The van der Waals surface area contributed by atoms with E-state index in [1.54, 1.807) is 6.07 Å². The van der Waals surface area contributed by atoms with Crippen LogP contribution in [0.4, 0.5) is 11.5 Å². The summed E-state index contributed by atoms with van der Waals surface area (Å²) < 4.78 is 27.0. The lowest BCUT2D eigenvalue weighted by Crippen LogP contribution is -2.27. The number of anilines is 2. The molecule has 0 aliphatic heterocycles. The monoisotopic (exact) mass is 280 g/mol. The number of halogens is 1. The van der Waals surface area contributed by atoms with Gasteiger partial charge in [0.05, 0.1) is 16.4 Å². The third kappa shape index (κ3) is 2.82. The summed E-state index contributed by atoms with van der Waals surface area (Å²) in [5.41, 5.74) is 5.89. The maximum atomic E-state index is 11.1. The van der Waals surface area contributed by atoms with Crippen molar-refractivity contribution in [3.63, 3.8) is 0 Å². The van der Waals surface area contributed by atoms with Crippen LogP contribution < -0.4 is 15.2 Å². The molecule has 0 radical (unpaired) electrons. The Bertz CT molecular complexity index is 433. The fourth-order valence-electron chi connectivity index (χ4n) is 0.706. The molecule has 0 aliphatic rings. The van der Waals surface area contributed by atoms with Gasteiger partial charge in [-0.15, -0.1) is 0 Å². The predicted octanol–water partition coefficient (Wildman–Crippen LogP) is 0.302. The number of hydrogen-bond acceptors (Lipinski definition) is 4. The van der Waals surface area contributed by atoms with Gasteiger partial charge in [-0.05, 0) is 22.0 Å². The number of rotatable bonds is 3. The Kier molecular flexibility index (Phi) is 3.29. The largest absolute Gasteiger partial charge is 0.397 e. The van der Waals surface area contributed by atoms with Crippen LogP contribution in [0.5, 0.6) is 0 Å². The van der Waals surface area contributed by atoms with E-state index in [9.17, 15) is 8.42 Å². The molecule has 1 heterocycles. The highest BCUT2D eigenvalue weighted by molar-refractivity contribution is 9.10. The minimum atomic E-state index is -3.54. The van der Waals surface area contributed by atoms with E-state index < -0.39 is 10.2 Å². The molecule has 78 valence electrons. The lowest BCUT2D eigenvalue weighted by molar-refractivity contribution is 0.593. The van der Waals surface area contributed by atoms with E-state index in [0.29, 0.717) is 10.2 Å². The molecule has 0 saturated heterocycles. The number of nitrogen functional groups attached to an aromatic ring is 1. The average molecular weight is 281 g/mol. The van der Waals surface area contributed by atoms with Gasteiger partial charge in [0, 0.05) is 7.05 Å². The number of nitrogens with one attached hydrogen (secondary N) is 2. The normalized spacial score (nSPS) is 11.3. The number of hydrogen-bond donors (Lipinski definition) is 3. The van der Waals surface area contributed by atoms with Crippen LogP contribution in [0.2, 0.25) is 0 Å². The van der Waals surface area contributed by atoms with Gasteiger partial charge in [0.15, 0.2) is 5.82 Å².